The van der Waals surface area contributed by atoms with Gasteiger partial charge in [0.15, 0.2) is 0 Å². The molecule has 0 aromatic heterocycles. The average molecular weight is 332 g/mol. The highest BCUT2D eigenvalue weighted by atomic mass is 32.2. The molecule has 2 N–H and O–H groups in total. The van der Waals surface area contributed by atoms with Crippen molar-refractivity contribution in [2.24, 2.45) is 0 Å². The first-order valence-electron chi connectivity index (χ1n) is 7.32. The van der Waals surface area contributed by atoms with Crippen LogP contribution < -0.4 is 10.0 Å². The predicted molar refractivity (Wildman–Crippen MR) is 91.2 cm³/mol. The van der Waals surface area contributed by atoms with Gasteiger partial charge in [-0.05, 0) is 50.6 Å². The highest BCUT2D eigenvalue weighted by Crippen LogP contribution is 2.21. The molecular formula is C17H20N2O3S. The van der Waals surface area contributed by atoms with Crippen molar-refractivity contribution < 1.29 is 13.2 Å². The number of nitrogens with one attached hydrogen (secondary N) is 2. The van der Waals surface area contributed by atoms with Crippen molar-refractivity contribution in [2.45, 2.75) is 25.7 Å². The minimum Gasteiger partial charge on any atom is -0.352 e. The molecule has 23 heavy (non-hydrogen) atoms. The zero-order chi connectivity index (χ0) is 17.0. The second kappa shape index (κ2) is 6.83. The van der Waals surface area contributed by atoms with E-state index in [1.54, 1.807) is 31.2 Å². The first kappa shape index (κ1) is 17.0. The van der Waals surface area contributed by atoms with Crippen LogP contribution in [0.5, 0.6) is 0 Å². The van der Waals surface area contributed by atoms with Crippen molar-refractivity contribution in [3.63, 3.8) is 0 Å². The summed E-state index contributed by atoms with van der Waals surface area (Å²) in [7, 11) is -3.76. The molecule has 0 aliphatic carbocycles. The Bertz CT molecular complexity index is 812. The minimum absolute atomic E-state index is 0.0989. The first-order valence-corrected chi connectivity index (χ1v) is 8.80. The van der Waals surface area contributed by atoms with Crippen molar-refractivity contribution in [1.82, 2.24) is 5.32 Å². The van der Waals surface area contributed by atoms with Gasteiger partial charge in [0.05, 0.1) is 4.90 Å². The summed E-state index contributed by atoms with van der Waals surface area (Å²) >= 11 is 0. The Morgan fingerprint density at radius 3 is 2.30 bits per heavy atom. The van der Waals surface area contributed by atoms with Crippen LogP contribution in [0.2, 0.25) is 0 Å². The molecular weight excluding hydrogens is 312 g/mol. The fourth-order valence-electron chi connectivity index (χ4n) is 2.13. The summed E-state index contributed by atoms with van der Waals surface area (Å²) in [6.07, 6.45) is 0. The van der Waals surface area contributed by atoms with Crippen molar-refractivity contribution in [3.8, 4) is 0 Å². The van der Waals surface area contributed by atoms with E-state index in [1.165, 1.54) is 6.07 Å². The first-order chi connectivity index (χ1) is 10.8. The van der Waals surface area contributed by atoms with Gasteiger partial charge in [0.1, 0.15) is 0 Å². The lowest BCUT2D eigenvalue weighted by atomic mass is 10.1. The second-order valence-electron chi connectivity index (χ2n) is 5.31. The van der Waals surface area contributed by atoms with Gasteiger partial charge >= 0.3 is 0 Å². The maximum atomic E-state index is 12.6. The summed E-state index contributed by atoms with van der Waals surface area (Å²) in [4.78, 5) is 12.0. The van der Waals surface area contributed by atoms with Crippen LogP contribution in [0.4, 0.5) is 5.69 Å². The Morgan fingerprint density at radius 1 is 1.04 bits per heavy atom. The quantitative estimate of drug-likeness (QED) is 0.884. The fourth-order valence-corrected chi connectivity index (χ4v) is 3.46. The number of aryl methyl sites for hydroxylation is 2. The van der Waals surface area contributed by atoms with Crippen LogP contribution in [-0.4, -0.2) is 20.9 Å². The van der Waals surface area contributed by atoms with Crippen LogP contribution >= 0.6 is 0 Å². The largest absolute Gasteiger partial charge is 0.352 e. The highest BCUT2D eigenvalue weighted by molar-refractivity contribution is 7.92. The molecule has 0 fully saturated rings. The zero-order valence-corrected chi connectivity index (χ0v) is 14.2. The maximum absolute atomic E-state index is 12.6. The van der Waals surface area contributed by atoms with Crippen LogP contribution in [0.1, 0.15) is 28.4 Å². The molecule has 5 nitrogen and oxygen atoms in total. The zero-order valence-electron chi connectivity index (χ0n) is 13.4. The second-order valence-corrected chi connectivity index (χ2v) is 6.96. The summed E-state index contributed by atoms with van der Waals surface area (Å²) in [6.45, 7) is 5.92. The van der Waals surface area contributed by atoms with Crippen molar-refractivity contribution in [3.05, 3.63) is 59.2 Å². The van der Waals surface area contributed by atoms with E-state index in [2.05, 4.69) is 10.0 Å². The number of hydrogen-bond donors (Lipinski definition) is 2. The van der Waals surface area contributed by atoms with Crippen LogP contribution in [0.15, 0.2) is 47.4 Å². The molecule has 0 heterocycles. The molecule has 2 aromatic rings. The molecule has 0 bridgehead atoms. The summed E-state index contributed by atoms with van der Waals surface area (Å²) in [6, 6.07) is 11.7. The molecule has 0 aliphatic heterocycles. The van der Waals surface area contributed by atoms with Gasteiger partial charge in [-0.1, -0.05) is 23.8 Å². The smallest absolute Gasteiger partial charge is 0.262 e. The average Bonchev–Trinajstić information content (AvgIpc) is 2.50. The maximum Gasteiger partial charge on any atom is 0.262 e. The summed E-state index contributed by atoms with van der Waals surface area (Å²) < 4.78 is 27.7. The Labute approximate surface area is 136 Å². The van der Waals surface area contributed by atoms with E-state index in [9.17, 15) is 13.2 Å². The van der Waals surface area contributed by atoms with Gasteiger partial charge < -0.3 is 5.32 Å². The van der Waals surface area contributed by atoms with E-state index in [4.69, 9.17) is 0 Å². The van der Waals surface area contributed by atoms with Crippen molar-refractivity contribution in [1.29, 1.82) is 0 Å². The molecule has 0 aliphatic rings. The Balaban J connectivity index is 2.36. The van der Waals surface area contributed by atoms with E-state index in [1.807, 2.05) is 26.0 Å². The Hall–Kier alpha value is -2.34. The number of amides is 1. The molecule has 0 spiro atoms. The standard InChI is InChI=1S/C17H20N2O3S/c1-4-18-17(20)14-8-7-13(3)16(11-14)23(21,22)19-15-9-5-12(2)6-10-15/h5-11,19H,4H2,1-3H3,(H,18,20). The topological polar surface area (TPSA) is 75.3 Å². The summed E-state index contributed by atoms with van der Waals surface area (Å²) in [5.41, 5.74) is 2.43. The SMILES string of the molecule is CCNC(=O)c1ccc(C)c(S(=O)(=O)Nc2ccc(C)cc2)c1. The molecule has 0 radical (unpaired) electrons. The predicted octanol–water partition coefficient (Wildman–Crippen LogP) is 2.85. The van der Waals surface area contributed by atoms with Crippen molar-refractivity contribution in [2.75, 3.05) is 11.3 Å². The molecule has 0 saturated carbocycles. The van der Waals surface area contributed by atoms with E-state index in [0.717, 1.165) is 5.56 Å². The lowest BCUT2D eigenvalue weighted by molar-refractivity contribution is 0.0955. The fraction of sp³-hybridized carbons (Fsp3) is 0.235. The third-order valence-corrected chi connectivity index (χ3v) is 4.90. The Kier molecular flexibility index (Phi) is 5.05. The molecule has 0 atom stereocenters. The molecule has 122 valence electrons. The van der Waals surface area contributed by atoms with Crippen LogP contribution in [0, 0.1) is 13.8 Å². The van der Waals surface area contributed by atoms with E-state index < -0.39 is 10.0 Å². The van der Waals surface area contributed by atoms with Crippen LogP contribution in [0.3, 0.4) is 0 Å². The lowest BCUT2D eigenvalue weighted by Gasteiger charge is -2.12. The Morgan fingerprint density at radius 2 is 1.70 bits per heavy atom. The number of carbonyl (C=O) groups is 1. The van der Waals surface area contributed by atoms with Gasteiger partial charge in [0.2, 0.25) is 0 Å². The van der Waals surface area contributed by atoms with Gasteiger partial charge in [-0.15, -0.1) is 0 Å². The van der Waals surface area contributed by atoms with E-state index in [0.29, 0.717) is 23.4 Å². The van der Waals surface area contributed by atoms with Crippen molar-refractivity contribution >= 4 is 21.6 Å². The third-order valence-electron chi connectivity index (χ3n) is 3.38. The molecule has 2 aromatic carbocycles. The normalized spacial score (nSPS) is 11.1. The third kappa shape index (κ3) is 4.10. The van der Waals surface area contributed by atoms with Gasteiger partial charge in [0, 0.05) is 17.8 Å². The molecule has 1 amide bonds. The number of carbonyl (C=O) groups excluding carboxylic acids is 1. The summed E-state index contributed by atoms with van der Waals surface area (Å²) in [5.74, 6) is -0.292. The number of anilines is 1. The number of benzene rings is 2. The van der Waals surface area contributed by atoms with Crippen LogP contribution in [0.25, 0.3) is 0 Å². The molecule has 6 heteroatoms. The number of sulfonamides is 1. The molecule has 0 unspecified atom stereocenters. The van der Waals surface area contributed by atoms with E-state index >= 15 is 0 Å². The molecule has 0 saturated heterocycles. The van der Waals surface area contributed by atoms with Crippen LogP contribution in [-0.2, 0) is 10.0 Å². The molecule has 2 rings (SSSR count). The number of rotatable bonds is 5. The highest BCUT2D eigenvalue weighted by Gasteiger charge is 2.19. The number of hydrogen-bond acceptors (Lipinski definition) is 3. The van der Waals surface area contributed by atoms with Gasteiger partial charge in [-0.25, -0.2) is 8.42 Å². The lowest BCUT2D eigenvalue weighted by Crippen LogP contribution is -2.23. The van der Waals surface area contributed by atoms with Gasteiger partial charge in [-0.3, -0.25) is 9.52 Å². The summed E-state index contributed by atoms with van der Waals surface area (Å²) in [5, 5.41) is 2.66. The monoisotopic (exact) mass is 332 g/mol. The van der Waals surface area contributed by atoms with Gasteiger partial charge in [0.25, 0.3) is 15.9 Å². The minimum atomic E-state index is -3.76. The van der Waals surface area contributed by atoms with E-state index in [-0.39, 0.29) is 10.8 Å². The van der Waals surface area contributed by atoms with Gasteiger partial charge in [-0.2, -0.15) is 0 Å².